The van der Waals surface area contributed by atoms with Crippen LogP contribution in [0.4, 0.5) is 0 Å². The maximum absolute atomic E-state index is 12.5. The summed E-state index contributed by atoms with van der Waals surface area (Å²) in [4.78, 5) is 14.3. The second kappa shape index (κ2) is 6.84. The van der Waals surface area contributed by atoms with E-state index in [9.17, 15) is 13.2 Å². The van der Waals surface area contributed by atoms with Crippen molar-refractivity contribution in [3.05, 3.63) is 35.4 Å². The molecule has 2 aliphatic rings. The predicted octanol–water partition coefficient (Wildman–Crippen LogP) is 1.68. The van der Waals surface area contributed by atoms with Crippen LogP contribution in [0.25, 0.3) is 0 Å². The first-order valence-electron chi connectivity index (χ1n) is 8.61. The Morgan fingerprint density at radius 2 is 1.92 bits per heavy atom. The number of likely N-dealkylation sites (N-methyl/N-ethyl adjacent to an activating group) is 1. The summed E-state index contributed by atoms with van der Waals surface area (Å²) in [7, 11) is -1.09. The summed E-state index contributed by atoms with van der Waals surface area (Å²) in [6.45, 7) is 2.30. The smallest absolute Gasteiger partial charge is 0.234 e. The third-order valence-corrected chi connectivity index (χ3v) is 6.82. The molecule has 1 saturated heterocycles. The summed E-state index contributed by atoms with van der Waals surface area (Å²) in [6.07, 6.45) is 2.92. The van der Waals surface area contributed by atoms with Crippen molar-refractivity contribution >= 4 is 15.7 Å². The number of nitrogens with zero attached hydrogens (tertiary/aromatic N) is 1. The molecule has 2 fully saturated rings. The van der Waals surface area contributed by atoms with E-state index < -0.39 is 9.84 Å². The Kier molecular flexibility index (Phi) is 4.97. The van der Waals surface area contributed by atoms with Crippen LogP contribution in [0.5, 0.6) is 0 Å². The van der Waals surface area contributed by atoms with Crippen molar-refractivity contribution < 1.29 is 13.2 Å². The van der Waals surface area contributed by atoms with E-state index in [2.05, 4.69) is 36.5 Å². The molecule has 0 spiro atoms. The number of carbonyl (C=O) groups is 1. The molecule has 1 heterocycles. The lowest BCUT2D eigenvalue weighted by molar-refractivity contribution is -0.123. The maximum atomic E-state index is 12.5. The number of carbonyl (C=O) groups excluding carboxylic acids is 1. The molecule has 0 radical (unpaired) electrons. The van der Waals surface area contributed by atoms with Crippen molar-refractivity contribution in [2.75, 3.05) is 25.1 Å². The Hall–Kier alpha value is -1.40. The van der Waals surface area contributed by atoms with Gasteiger partial charge in [-0.2, -0.15) is 0 Å². The molecule has 1 aliphatic carbocycles. The van der Waals surface area contributed by atoms with Crippen LogP contribution in [0.2, 0.25) is 0 Å². The quantitative estimate of drug-likeness (QED) is 0.848. The van der Waals surface area contributed by atoms with Gasteiger partial charge in [0.15, 0.2) is 9.84 Å². The van der Waals surface area contributed by atoms with Gasteiger partial charge in [0, 0.05) is 6.04 Å². The number of hydrogen-bond acceptors (Lipinski definition) is 4. The molecule has 132 valence electrons. The van der Waals surface area contributed by atoms with E-state index in [0.29, 0.717) is 12.3 Å². The predicted molar refractivity (Wildman–Crippen MR) is 94.5 cm³/mol. The average Bonchev–Trinajstić information content (AvgIpc) is 3.29. The van der Waals surface area contributed by atoms with Crippen molar-refractivity contribution in [1.82, 2.24) is 10.2 Å². The Balaban J connectivity index is 1.59. The van der Waals surface area contributed by atoms with Crippen LogP contribution in [-0.4, -0.2) is 50.4 Å². The Bertz CT molecular complexity index is 695. The summed E-state index contributed by atoms with van der Waals surface area (Å²) < 4.78 is 23.2. The SMILES string of the molecule is Cc1ccc(C(NC(=O)CN(C)C2CCS(=O)(=O)C2)C2CC2)cc1. The molecule has 1 N–H and O–H groups in total. The van der Waals surface area contributed by atoms with Crippen LogP contribution in [0, 0.1) is 12.8 Å². The van der Waals surface area contributed by atoms with Crippen molar-refractivity contribution in [3.63, 3.8) is 0 Å². The standard InChI is InChI=1S/C18H26N2O3S/c1-13-3-5-14(6-4-13)18(15-7-8-15)19-17(21)11-20(2)16-9-10-24(22,23)12-16/h3-6,15-16,18H,7-12H2,1-2H3,(H,19,21). The summed E-state index contributed by atoms with van der Waals surface area (Å²) in [5, 5.41) is 3.16. The minimum absolute atomic E-state index is 0.0285. The zero-order valence-electron chi connectivity index (χ0n) is 14.4. The summed E-state index contributed by atoms with van der Waals surface area (Å²) in [6, 6.07) is 8.36. The summed E-state index contributed by atoms with van der Waals surface area (Å²) >= 11 is 0. The molecule has 5 nitrogen and oxygen atoms in total. The Labute approximate surface area is 144 Å². The van der Waals surface area contributed by atoms with E-state index in [1.165, 1.54) is 5.56 Å². The van der Waals surface area contributed by atoms with Crippen molar-refractivity contribution in [2.24, 2.45) is 5.92 Å². The van der Waals surface area contributed by atoms with Crippen molar-refractivity contribution in [2.45, 2.75) is 38.3 Å². The summed E-state index contributed by atoms with van der Waals surface area (Å²) in [5.74, 6) is 0.895. The van der Waals surface area contributed by atoms with Gasteiger partial charge in [-0.1, -0.05) is 29.8 Å². The first kappa shape index (κ1) is 17.4. The van der Waals surface area contributed by atoms with Gasteiger partial charge in [-0.05, 0) is 44.7 Å². The summed E-state index contributed by atoms with van der Waals surface area (Å²) in [5.41, 5.74) is 2.37. The number of rotatable bonds is 6. The number of sulfone groups is 1. The fourth-order valence-electron chi connectivity index (χ4n) is 3.37. The van der Waals surface area contributed by atoms with Crippen LogP contribution in [0.15, 0.2) is 24.3 Å². The Morgan fingerprint density at radius 3 is 2.46 bits per heavy atom. The molecular formula is C18H26N2O3S. The molecule has 1 saturated carbocycles. The fraction of sp³-hybridized carbons (Fsp3) is 0.611. The van der Waals surface area contributed by atoms with E-state index in [4.69, 9.17) is 0 Å². The van der Waals surface area contributed by atoms with Gasteiger partial charge in [-0.15, -0.1) is 0 Å². The highest BCUT2D eigenvalue weighted by Crippen LogP contribution is 2.41. The second-order valence-electron chi connectivity index (χ2n) is 7.27. The highest BCUT2D eigenvalue weighted by atomic mass is 32.2. The molecule has 3 rings (SSSR count). The topological polar surface area (TPSA) is 66.5 Å². The zero-order chi connectivity index (χ0) is 17.3. The Morgan fingerprint density at radius 1 is 1.25 bits per heavy atom. The number of aryl methyl sites for hydroxylation is 1. The van der Waals surface area contributed by atoms with E-state index in [1.807, 2.05) is 11.9 Å². The highest BCUT2D eigenvalue weighted by Gasteiger charge is 2.35. The zero-order valence-corrected chi connectivity index (χ0v) is 15.2. The highest BCUT2D eigenvalue weighted by molar-refractivity contribution is 7.91. The van der Waals surface area contributed by atoms with Gasteiger partial charge in [0.1, 0.15) is 0 Å². The third-order valence-electron chi connectivity index (χ3n) is 5.07. The van der Waals surface area contributed by atoms with Gasteiger partial charge in [0.2, 0.25) is 5.91 Å². The third kappa shape index (κ3) is 4.36. The van der Waals surface area contributed by atoms with Crippen molar-refractivity contribution in [3.8, 4) is 0 Å². The molecule has 0 bridgehead atoms. The van der Waals surface area contributed by atoms with Crippen LogP contribution in [0.1, 0.15) is 36.4 Å². The van der Waals surface area contributed by atoms with Gasteiger partial charge >= 0.3 is 0 Å². The molecule has 1 aromatic rings. The molecule has 1 aromatic carbocycles. The lowest BCUT2D eigenvalue weighted by Gasteiger charge is -2.25. The van der Waals surface area contributed by atoms with Crippen LogP contribution >= 0.6 is 0 Å². The number of hydrogen-bond donors (Lipinski definition) is 1. The van der Waals surface area contributed by atoms with Gasteiger partial charge in [0.05, 0.1) is 24.1 Å². The van der Waals surface area contributed by atoms with Gasteiger partial charge in [0.25, 0.3) is 0 Å². The second-order valence-corrected chi connectivity index (χ2v) is 9.49. The normalized spacial score (nSPS) is 24.0. The van der Waals surface area contributed by atoms with Gasteiger partial charge < -0.3 is 5.32 Å². The maximum Gasteiger partial charge on any atom is 0.234 e. The molecule has 1 amide bonds. The van der Waals surface area contributed by atoms with E-state index in [-0.39, 0.29) is 36.0 Å². The first-order chi connectivity index (χ1) is 11.3. The van der Waals surface area contributed by atoms with Crippen LogP contribution in [-0.2, 0) is 14.6 Å². The minimum atomic E-state index is -2.92. The molecule has 0 aromatic heterocycles. The lowest BCUT2D eigenvalue weighted by atomic mass is 10.0. The molecule has 2 unspecified atom stereocenters. The largest absolute Gasteiger partial charge is 0.348 e. The molecular weight excluding hydrogens is 324 g/mol. The average molecular weight is 350 g/mol. The van der Waals surface area contributed by atoms with Gasteiger partial charge in [-0.3, -0.25) is 9.69 Å². The van der Waals surface area contributed by atoms with E-state index >= 15 is 0 Å². The molecule has 1 aliphatic heterocycles. The van der Waals surface area contributed by atoms with Crippen LogP contribution < -0.4 is 5.32 Å². The van der Waals surface area contributed by atoms with Gasteiger partial charge in [-0.25, -0.2) is 8.42 Å². The monoisotopic (exact) mass is 350 g/mol. The number of amides is 1. The molecule has 6 heteroatoms. The number of benzene rings is 1. The number of nitrogens with one attached hydrogen (secondary N) is 1. The van der Waals surface area contributed by atoms with E-state index in [0.717, 1.165) is 18.4 Å². The lowest BCUT2D eigenvalue weighted by Crippen LogP contribution is -2.42. The first-order valence-corrected chi connectivity index (χ1v) is 10.4. The van der Waals surface area contributed by atoms with Crippen LogP contribution in [0.3, 0.4) is 0 Å². The molecule has 2 atom stereocenters. The minimum Gasteiger partial charge on any atom is -0.348 e. The van der Waals surface area contributed by atoms with Crippen molar-refractivity contribution in [1.29, 1.82) is 0 Å². The molecule has 24 heavy (non-hydrogen) atoms. The van der Waals surface area contributed by atoms with E-state index in [1.54, 1.807) is 0 Å². The fourth-order valence-corrected chi connectivity index (χ4v) is 5.18.